The number of nitrogens with one attached hydrogen (secondary N) is 1. The first-order valence-corrected chi connectivity index (χ1v) is 9.30. The molecule has 0 saturated carbocycles. The highest BCUT2D eigenvalue weighted by molar-refractivity contribution is 6.31. The van der Waals surface area contributed by atoms with Gasteiger partial charge in [-0.3, -0.25) is 9.69 Å². The van der Waals surface area contributed by atoms with Gasteiger partial charge in [0, 0.05) is 42.8 Å². The van der Waals surface area contributed by atoms with E-state index in [1.54, 1.807) is 12.1 Å². The molecule has 2 rings (SSSR count). The van der Waals surface area contributed by atoms with Crippen LogP contribution in [0.15, 0.2) is 42.5 Å². The fourth-order valence-electron chi connectivity index (χ4n) is 2.90. The van der Waals surface area contributed by atoms with Crippen LogP contribution in [0.2, 0.25) is 5.02 Å². The molecule has 0 aliphatic carbocycles. The van der Waals surface area contributed by atoms with E-state index in [1.165, 1.54) is 13.0 Å². The van der Waals surface area contributed by atoms with Gasteiger partial charge in [-0.2, -0.15) is 0 Å². The van der Waals surface area contributed by atoms with Gasteiger partial charge in [-0.25, -0.2) is 4.39 Å². The molecular formula is C21H27ClFN3O. The Morgan fingerprint density at radius 1 is 1.19 bits per heavy atom. The fraction of sp³-hybridized carbons (Fsp3) is 0.381. The van der Waals surface area contributed by atoms with Gasteiger partial charge in [0.2, 0.25) is 5.91 Å². The molecule has 0 aromatic heterocycles. The number of hydrogen-bond acceptors (Lipinski definition) is 3. The monoisotopic (exact) mass is 391 g/mol. The SMILES string of the molecule is CC(=O)Nc1ccc(CN(Cc2c(F)cccc2Cl)CC(C)(C)CN)cc1. The normalized spacial score (nSPS) is 11.7. The second-order valence-electron chi connectivity index (χ2n) is 7.59. The molecule has 6 heteroatoms. The number of anilines is 1. The molecule has 4 nitrogen and oxygen atoms in total. The summed E-state index contributed by atoms with van der Waals surface area (Å²) in [6.07, 6.45) is 0. The van der Waals surface area contributed by atoms with E-state index in [4.69, 9.17) is 17.3 Å². The Bertz CT molecular complexity index is 757. The topological polar surface area (TPSA) is 58.4 Å². The summed E-state index contributed by atoms with van der Waals surface area (Å²) >= 11 is 6.22. The lowest BCUT2D eigenvalue weighted by Gasteiger charge is -2.32. The van der Waals surface area contributed by atoms with Crippen molar-refractivity contribution < 1.29 is 9.18 Å². The lowest BCUT2D eigenvalue weighted by molar-refractivity contribution is -0.114. The Balaban J connectivity index is 2.20. The van der Waals surface area contributed by atoms with Crippen molar-refractivity contribution in [3.8, 4) is 0 Å². The molecule has 146 valence electrons. The van der Waals surface area contributed by atoms with Crippen molar-refractivity contribution in [1.82, 2.24) is 4.90 Å². The highest BCUT2D eigenvalue weighted by atomic mass is 35.5. The van der Waals surface area contributed by atoms with E-state index in [0.717, 1.165) is 11.3 Å². The van der Waals surface area contributed by atoms with Gasteiger partial charge >= 0.3 is 0 Å². The summed E-state index contributed by atoms with van der Waals surface area (Å²) in [6.45, 7) is 7.88. The third-order valence-electron chi connectivity index (χ3n) is 4.33. The summed E-state index contributed by atoms with van der Waals surface area (Å²) < 4.78 is 14.3. The molecule has 1 amide bonds. The summed E-state index contributed by atoms with van der Waals surface area (Å²) in [5.74, 6) is -0.415. The largest absolute Gasteiger partial charge is 0.330 e. The molecule has 0 spiro atoms. The maximum absolute atomic E-state index is 14.3. The van der Waals surface area contributed by atoms with E-state index in [0.29, 0.717) is 36.8 Å². The minimum atomic E-state index is -0.306. The van der Waals surface area contributed by atoms with Crippen molar-refractivity contribution in [3.63, 3.8) is 0 Å². The van der Waals surface area contributed by atoms with Crippen LogP contribution in [0.5, 0.6) is 0 Å². The molecule has 3 N–H and O–H groups in total. The zero-order valence-electron chi connectivity index (χ0n) is 16.1. The van der Waals surface area contributed by atoms with E-state index in [2.05, 4.69) is 24.1 Å². The average molecular weight is 392 g/mol. The summed E-state index contributed by atoms with van der Waals surface area (Å²) in [5.41, 5.74) is 8.08. The lowest BCUT2D eigenvalue weighted by Crippen LogP contribution is -2.38. The molecular weight excluding hydrogens is 365 g/mol. The Hall–Kier alpha value is -1.95. The molecule has 27 heavy (non-hydrogen) atoms. The third-order valence-corrected chi connectivity index (χ3v) is 4.68. The Labute approximate surface area is 165 Å². The van der Waals surface area contributed by atoms with Gasteiger partial charge in [0.1, 0.15) is 5.82 Å². The van der Waals surface area contributed by atoms with Crippen LogP contribution in [0, 0.1) is 11.2 Å². The van der Waals surface area contributed by atoms with Crippen LogP contribution >= 0.6 is 11.6 Å². The average Bonchev–Trinajstić information content (AvgIpc) is 2.59. The molecule has 0 fully saturated rings. The smallest absolute Gasteiger partial charge is 0.221 e. The number of carbonyl (C=O) groups is 1. The highest BCUT2D eigenvalue weighted by Crippen LogP contribution is 2.25. The number of nitrogens with two attached hydrogens (primary N) is 1. The third kappa shape index (κ3) is 6.61. The van der Waals surface area contributed by atoms with Crippen molar-refractivity contribution in [2.45, 2.75) is 33.9 Å². The van der Waals surface area contributed by atoms with E-state index in [-0.39, 0.29) is 17.1 Å². The Kier molecular flexibility index (Phi) is 7.36. The minimum Gasteiger partial charge on any atom is -0.330 e. The van der Waals surface area contributed by atoms with Crippen LogP contribution in [0.3, 0.4) is 0 Å². The van der Waals surface area contributed by atoms with Crippen LogP contribution in [-0.2, 0) is 17.9 Å². The van der Waals surface area contributed by atoms with Crippen molar-refractivity contribution >= 4 is 23.2 Å². The van der Waals surface area contributed by atoms with Crippen molar-refractivity contribution in [2.75, 3.05) is 18.4 Å². The molecule has 2 aromatic rings. The van der Waals surface area contributed by atoms with Crippen LogP contribution in [-0.4, -0.2) is 23.9 Å². The molecule has 0 unspecified atom stereocenters. The molecule has 2 aromatic carbocycles. The van der Waals surface area contributed by atoms with Gasteiger partial charge in [0.05, 0.1) is 0 Å². The number of rotatable bonds is 8. The number of carbonyl (C=O) groups excluding carboxylic acids is 1. The zero-order valence-corrected chi connectivity index (χ0v) is 16.8. The van der Waals surface area contributed by atoms with E-state index >= 15 is 0 Å². The van der Waals surface area contributed by atoms with Crippen molar-refractivity contribution in [2.24, 2.45) is 11.1 Å². The molecule has 0 saturated heterocycles. The Morgan fingerprint density at radius 3 is 2.41 bits per heavy atom. The maximum Gasteiger partial charge on any atom is 0.221 e. The molecule has 0 bridgehead atoms. The first kappa shape index (κ1) is 21.4. The van der Waals surface area contributed by atoms with Crippen molar-refractivity contribution in [3.05, 3.63) is 64.4 Å². The van der Waals surface area contributed by atoms with E-state index in [9.17, 15) is 9.18 Å². The molecule has 0 aliphatic rings. The second kappa shape index (κ2) is 9.31. The highest BCUT2D eigenvalue weighted by Gasteiger charge is 2.22. The number of benzene rings is 2. The van der Waals surface area contributed by atoms with Gasteiger partial charge in [-0.15, -0.1) is 0 Å². The summed E-state index contributed by atoms with van der Waals surface area (Å²) in [5, 5.41) is 3.17. The van der Waals surface area contributed by atoms with Gasteiger partial charge in [-0.1, -0.05) is 43.6 Å². The van der Waals surface area contributed by atoms with Gasteiger partial charge in [-0.05, 0) is 41.8 Å². The van der Waals surface area contributed by atoms with E-state index in [1.807, 2.05) is 24.3 Å². The summed E-state index contributed by atoms with van der Waals surface area (Å²) in [4.78, 5) is 13.3. The minimum absolute atomic E-state index is 0.108. The van der Waals surface area contributed by atoms with Crippen LogP contribution < -0.4 is 11.1 Å². The first-order valence-electron chi connectivity index (χ1n) is 8.92. The zero-order chi connectivity index (χ0) is 20.0. The first-order chi connectivity index (χ1) is 12.7. The number of amides is 1. The van der Waals surface area contributed by atoms with Crippen LogP contribution in [0.25, 0.3) is 0 Å². The summed E-state index contributed by atoms with van der Waals surface area (Å²) in [7, 11) is 0. The number of nitrogens with zero attached hydrogens (tertiary/aromatic N) is 1. The predicted molar refractivity (Wildman–Crippen MR) is 109 cm³/mol. The van der Waals surface area contributed by atoms with Crippen molar-refractivity contribution in [1.29, 1.82) is 0 Å². The van der Waals surface area contributed by atoms with Gasteiger partial charge < -0.3 is 11.1 Å². The predicted octanol–water partition coefficient (Wildman–Crippen LogP) is 4.42. The van der Waals surface area contributed by atoms with Crippen LogP contribution in [0.4, 0.5) is 10.1 Å². The molecule has 0 aliphatic heterocycles. The standard InChI is InChI=1S/C21H27ClFN3O/c1-15(27)25-17-9-7-16(8-10-17)11-26(14-21(2,3)13-24)12-18-19(22)5-4-6-20(18)23/h4-10H,11-14,24H2,1-3H3,(H,25,27). The maximum atomic E-state index is 14.3. The number of halogens is 2. The quantitative estimate of drug-likeness (QED) is 0.700. The molecule has 0 heterocycles. The molecule has 0 atom stereocenters. The summed E-state index contributed by atoms with van der Waals surface area (Å²) in [6, 6.07) is 12.4. The van der Waals surface area contributed by atoms with Crippen LogP contribution in [0.1, 0.15) is 31.9 Å². The molecule has 0 radical (unpaired) electrons. The fourth-order valence-corrected chi connectivity index (χ4v) is 3.12. The van der Waals surface area contributed by atoms with E-state index < -0.39 is 0 Å². The van der Waals surface area contributed by atoms with Gasteiger partial charge in [0.15, 0.2) is 0 Å². The Morgan fingerprint density at radius 2 is 1.85 bits per heavy atom. The second-order valence-corrected chi connectivity index (χ2v) is 8.00. The lowest BCUT2D eigenvalue weighted by atomic mass is 9.92. The number of hydrogen-bond donors (Lipinski definition) is 2. The van der Waals surface area contributed by atoms with Gasteiger partial charge in [0.25, 0.3) is 0 Å².